The van der Waals surface area contributed by atoms with Crippen molar-refractivity contribution in [3.05, 3.63) is 0 Å². The minimum Gasteiger partial charge on any atom is -0.481 e. The zero-order valence-electron chi connectivity index (χ0n) is 16.3. The van der Waals surface area contributed by atoms with Crippen molar-refractivity contribution in [1.29, 1.82) is 0 Å². The van der Waals surface area contributed by atoms with E-state index < -0.39 is 23.3 Å². The Bertz CT molecular complexity index is 628. The number of fused-ring (bicyclic) bond motifs is 2. The Morgan fingerprint density at radius 3 is 2.67 bits per heavy atom. The third kappa shape index (κ3) is 3.08. The van der Waals surface area contributed by atoms with Gasteiger partial charge in [-0.25, -0.2) is 9.78 Å². The summed E-state index contributed by atoms with van der Waals surface area (Å²) in [6, 6.07) is 0. The molecule has 0 amide bonds. The van der Waals surface area contributed by atoms with E-state index in [1.165, 1.54) is 0 Å². The molecule has 0 aromatic heterocycles. The second-order valence-corrected chi connectivity index (χ2v) is 9.08. The van der Waals surface area contributed by atoms with Gasteiger partial charge in [0.15, 0.2) is 5.79 Å². The first-order valence-electron chi connectivity index (χ1n) is 10.2. The lowest BCUT2D eigenvalue weighted by atomic mass is 9.53. The minimum atomic E-state index is -0.991. The van der Waals surface area contributed by atoms with Crippen LogP contribution in [0.4, 0.5) is 0 Å². The topological polar surface area (TPSA) is 91.3 Å². The summed E-state index contributed by atoms with van der Waals surface area (Å²) in [6.07, 6.45) is 3.72. The third-order valence-electron chi connectivity index (χ3n) is 7.44. The maximum atomic E-state index is 12.2. The summed E-state index contributed by atoms with van der Waals surface area (Å²) >= 11 is 0. The number of carbonyl (C=O) groups is 2. The number of hydrogen-bond acceptors (Lipinski definition) is 6. The van der Waals surface area contributed by atoms with Crippen LogP contribution in [0.25, 0.3) is 0 Å². The molecular weight excluding hydrogens is 352 g/mol. The van der Waals surface area contributed by atoms with Crippen LogP contribution in [0, 0.1) is 23.7 Å². The molecule has 5 aliphatic rings. The van der Waals surface area contributed by atoms with Gasteiger partial charge >= 0.3 is 11.9 Å². The number of carboxylic acids is 1. The standard InChI is InChI=1S/C20H30O7.H2/c1-11-4-5-14-12(2)15(24-18(23)7-6-17(21)22)10-16-20(14)13(11)8-9-19(3,25-16)26-27-20;/h11-16H,4-10H2,1-3H3,(H,21,22);1H/t11?,12-,13+,14+,15?,16?,19+,20?;/m1./s1. The molecule has 0 radical (unpaired) electrons. The Morgan fingerprint density at radius 2 is 1.93 bits per heavy atom. The van der Waals surface area contributed by atoms with Crippen LogP contribution in [0.3, 0.4) is 0 Å². The van der Waals surface area contributed by atoms with Crippen molar-refractivity contribution in [1.82, 2.24) is 0 Å². The highest BCUT2D eigenvalue weighted by Gasteiger charge is 2.68. The van der Waals surface area contributed by atoms with E-state index in [4.69, 9.17) is 24.4 Å². The van der Waals surface area contributed by atoms with Gasteiger partial charge in [-0.15, -0.1) is 0 Å². The van der Waals surface area contributed by atoms with Crippen LogP contribution >= 0.6 is 0 Å². The van der Waals surface area contributed by atoms with Crippen LogP contribution in [-0.4, -0.2) is 40.6 Å². The van der Waals surface area contributed by atoms with Gasteiger partial charge in [0.25, 0.3) is 0 Å². The molecule has 27 heavy (non-hydrogen) atoms. The predicted molar refractivity (Wildman–Crippen MR) is 95.4 cm³/mol. The Morgan fingerprint density at radius 1 is 1.15 bits per heavy atom. The number of esters is 1. The summed E-state index contributed by atoms with van der Waals surface area (Å²) in [5, 5.41) is 8.79. The molecule has 2 bridgehead atoms. The first kappa shape index (κ1) is 19.2. The largest absolute Gasteiger partial charge is 0.481 e. The van der Waals surface area contributed by atoms with Gasteiger partial charge in [0, 0.05) is 20.2 Å². The Kier molecular flexibility index (Phi) is 4.76. The lowest BCUT2D eigenvalue weighted by Gasteiger charge is -2.60. The van der Waals surface area contributed by atoms with Gasteiger partial charge < -0.3 is 14.6 Å². The molecule has 154 valence electrons. The van der Waals surface area contributed by atoms with Crippen molar-refractivity contribution >= 4 is 11.9 Å². The average Bonchev–Trinajstić information content (AvgIpc) is 2.84. The van der Waals surface area contributed by atoms with Crippen LogP contribution in [0.1, 0.15) is 67.1 Å². The van der Waals surface area contributed by atoms with Crippen LogP contribution < -0.4 is 0 Å². The molecule has 0 aromatic rings. The quantitative estimate of drug-likeness (QED) is 0.587. The first-order valence-corrected chi connectivity index (χ1v) is 10.2. The van der Waals surface area contributed by atoms with E-state index in [-0.39, 0.29) is 38.3 Å². The second-order valence-electron chi connectivity index (χ2n) is 9.08. The van der Waals surface area contributed by atoms with E-state index >= 15 is 0 Å². The molecule has 5 rings (SSSR count). The molecule has 7 heteroatoms. The van der Waals surface area contributed by atoms with Crippen LogP contribution in [0.2, 0.25) is 0 Å². The highest BCUT2D eigenvalue weighted by molar-refractivity contribution is 5.76. The van der Waals surface area contributed by atoms with Crippen molar-refractivity contribution in [2.75, 3.05) is 0 Å². The van der Waals surface area contributed by atoms with Gasteiger partial charge in [0.2, 0.25) is 0 Å². The second kappa shape index (κ2) is 6.71. The summed E-state index contributed by atoms with van der Waals surface area (Å²) in [5.41, 5.74) is -0.475. The van der Waals surface area contributed by atoms with Crippen LogP contribution in [0.15, 0.2) is 0 Å². The summed E-state index contributed by atoms with van der Waals surface area (Å²) in [4.78, 5) is 34.8. The average molecular weight is 384 g/mol. The first-order chi connectivity index (χ1) is 12.7. The summed E-state index contributed by atoms with van der Waals surface area (Å²) in [5.74, 6) is -0.981. The molecule has 7 nitrogen and oxygen atoms in total. The number of ether oxygens (including phenoxy) is 2. The van der Waals surface area contributed by atoms with E-state index in [1.807, 2.05) is 6.92 Å². The fraction of sp³-hybridized carbons (Fsp3) is 0.900. The molecular formula is C20H32O7. The lowest BCUT2D eigenvalue weighted by Crippen LogP contribution is -2.69. The smallest absolute Gasteiger partial charge is 0.306 e. The molecule has 2 aliphatic carbocycles. The van der Waals surface area contributed by atoms with Gasteiger partial charge in [-0.3, -0.25) is 9.59 Å². The van der Waals surface area contributed by atoms with Crippen molar-refractivity contribution in [3.63, 3.8) is 0 Å². The van der Waals surface area contributed by atoms with Crippen molar-refractivity contribution in [3.8, 4) is 0 Å². The molecule has 1 N–H and O–H groups in total. The number of rotatable bonds is 4. The van der Waals surface area contributed by atoms with E-state index in [1.54, 1.807) is 0 Å². The maximum absolute atomic E-state index is 12.2. The SMILES string of the molecule is CC1CC[C@H]2[C@@H](C)C(OC(=O)CCC(=O)O)CC3O[C@]4(C)CC[C@@H]1C32OO4.[HH]. The molecule has 4 unspecified atom stereocenters. The molecule has 3 aliphatic heterocycles. The predicted octanol–water partition coefficient (Wildman–Crippen LogP) is 3.31. The highest BCUT2D eigenvalue weighted by Crippen LogP contribution is 2.61. The molecule has 5 fully saturated rings. The van der Waals surface area contributed by atoms with Gasteiger partial charge in [0.1, 0.15) is 11.7 Å². The third-order valence-corrected chi connectivity index (χ3v) is 7.44. The van der Waals surface area contributed by atoms with Crippen LogP contribution in [-0.2, 0) is 28.8 Å². The van der Waals surface area contributed by atoms with Gasteiger partial charge in [-0.05, 0) is 43.9 Å². The molecule has 0 aromatic carbocycles. The van der Waals surface area contributed by atoms with E-state index in [0.717, 1.165) is 25.7 Å². The van der Waals surface area contributed by atoms with Crippen molar-refractivity contribution < 1.29 is 35.4 Å². The van der Waals surface area contributed by atoms with E-state index in [2.05, 4.69) is 13.8 Å². The summed E-state index contributed by atoms with van der Waals surface area (Å²) in [7, 11) is 0. The van der Waals surface area contributed by atoms with Crippen molar-refractivity contribution in [2.24, 2.45) is 23.7 Å². The highest BCUT2D eigenvalue weighted by atomic mass is 17.3. The van der Waals surface area contributed by atoms with Crippen LogP contribution in [0.5, 0.6) is 0 Å². The minimum absolute atomic E-state index is 0. The summed E-state index contributed by atoms with van der Waals surface area (Å²) < 4.78 is 12.1. The molecule has 2 saturated carbocycles. The summed E-state index contributed by atoms with van der Waals surface area (Å²) in [6.45, 7) is 6.32. The zero-order valence-corrected chi connectivity index (χ0v) is 16.3. The molecule has 3 heterocycles. The number of carbonyl (C=O) groups excluding carboxylic acids is 1. The van der Waals surface area contributed by atoms with Gasteiger partial charge in [-0.2, -0.15) is 0 Å². The van der Waals surface area contributed by atoms with Crippen molar-refractivity contribution in [2.45, 2.75) is 89.3 Å². The number of hydrogen-bond donors (Lipinski definition) is 1. The monoisotopic (exact) mass is 384 g/mol. The Hall–Kier alpha value is -1.18. The number of carboxylic acid groups (broad SMARTS) is 1. The fourth-order valence-electron chi connectivity index (χ4n) is 6.03. The Balaban J connectivity index is 0.00000225. The van der Waals surface area contributed by atoms with E-state index in [0.29, 0.717) is 18.3 Å². The normalized spacial score (nSPS) is 48.4. The van der Waals surface area contributed by atoms with Gasteiger partial charge in [0.05, 0.1) is 18.9 Å². The van der Waals surface area contributed by atoms with Gasteiger partial charge in [-0.1, -0.05) is 13.8 Å². The Labute approximate surface area is 161 Å². The number of aliphatic carboxylic acids is 1. The fourth-order valence-corrected chi connectivity index (χ4v) is 6.03. The molecule has 8 atom stereocenters. The van der Waals surface area contributed by atoms with E-state index in [9.17, 15) is 9.59 Å². The maximum Gasteiger partial charge on any atom is 0.306 e. The lowest BCUT2D eigenvalue weighted by molar-refractivity contribution is -0.540. The molecule has 3 saturated heterocycles. The zero-order chi connectivity index (χ0) is 19.4. The molecule has 1 spiro atoms.